The van der Waals surface area contributed by atoms with Crippen LogP contribution in [-0.4, -0.2) is 47.7 Å². The van der Waals surface area contributed by atoms with Crippen LogP contribution in [0.2, 0.25) is 0 Å². The van der Waals surface area contributed by atoms with Crippen LogP contribution < -0.4 is 10.6 Å². The van der Waals surface area contributed by atoms with Gasteiger partial charge in [0.2, 0.25) is 0 Å². The highest BCUT2D eigenvalue weighted by molar-refractivity contribution is 5.80. The second kappa shape index (κ2) is 11.2. The monoisotopic (exact) mass is 360 g/mol. The molecule has 0 spiro atoms. The van der Waals surface area contributed by atoms with E-state index in [2.05, 4.69) is 60.6 Å². The van der Waals surface area contributed by atoms with Crippen LogP contribution in [0.25, 0.3) is 0 Å². The molecule has 0 bridgehead atoms. The summed E-state index contributed by atoms with van der Waals surface area (Å²) in [7, 11) is 0. The molecule has 0 radical (unpaired) electrons. The second-order valence-corrected chi connectivity index (χ2v) is 7.08. The van der Waals surface area contributed by atoms with Crippen molar-refractivity contribution in [2.45, 2.75) is 71.7 Å². The second-order valence-electron chi connectivity index (χ2n) is 7.08. The molecule has 5 nitrogen and oxygen atoms in total. The van der Waals surface area contributed by atoms with E-state index in [1.54, 1.807) is 0 Å². The van der Waals surface area contributed by atoms with Gasteiger partial charge in [0, 0.05) is 19.1 Å². The molecule has 2 rings (SSSR count). The fraction of sp³-hybridized carbons (Fsp3) is 0.667. The Hall–Kier alpha value is -1.59. The first kappa shape index (κ1) is 20.7. The fourth-order valence-corrected chi connectivity index (χ4v) is 3.45. The number of aliphatic imine (C=N–C) groups is 1. The van der Waals surface area contributed by atoms with E-state index in [-0.39, 0.29) is 6.10 Å². The van der Waals surface area contributed by atoms with Crippen molar-refractivity contribution >= 4 is 5.96 Å². The molecule has 3 N–H and O–H groups in total. The molecule has 0 amide bonds. The summed E-state index contributed by atoms with van der Waals surface area (Å²) >= 11 is 0. The quantitative estimate of drug-likeness (QED) is 0.493. The molecular formula is C21H36N4O. The van der Waals surface area contributed by atoms with Crippen molar-refractivity contribution in [2.75, 3.05) is 19.6 Å². The first-order valence-corrected chi connectivity index (χ1v) is 10.2. The number of hydrogen-bond acceptors (Lipinski definition) is 3. The lowest BCUT2D eigenvalue weighted by molar-refractivity contribution is 0.120. The zero-order valence-electron chi connectivity index (χ0n) is 16.7. The Balaban J connectivity index is 2.02. The molecule has 0 saturated heterocycles. The number of nitrogens with zero attached hydrogens (tertiary/aromatic N) is 2. The maximum Gasteiger partial charge on any atom is 0.191 e. The molecular weight excluding hydrogens is 324 g/mol. The summed E-state index contributed by atoms with van der Waals surface area (Å²) in [6, 6.07) is 9.01. The van der Waals surface area contributed by atoms with Crippen LogP contribution in [0.4, 0.5) is 0 Å². The van der Waals surface area contributed by atoms with E-state index in [4.69, 9.17) is 4.99 Å². The third-order valence-electron chi connectivity index (χ3n) is 5.20. The molecule has 26 heavy (non-hydrogen) atoms. The SMILES string of the molecule is CCNC(=NCc1ccccc1CN(CC)CC)NC1CCC(O)CC1. The highest BCUT2D eigenvalue weighted by atomic mass is 16.3. The summed E-state index contributed by atoms with van der Waals surface area (Å²) in [6.07, 6.45) is 3.64. The van der Waals surface area contributed by atoms with E-state index in [1.165, 1.54) is 11.1 Å². The predicted molar refractivity (Wildman–Crippen MR) is 109 cm³/mol. The molecule has 146 valence electrons. The van der Waals surface area contributed by atoms with E-state index in [0.29, 0.717) is 12.6 Å². The molecule has 0 heterocycles. The van der Waals surface area contributed by atoms with E-state index in [1.807, 2.05) is 0 Å². The van der Waals surface area contributed by atoms with Gasteiger partial charge in [-0.05, 0) is 56.8 Å². The van der Waals surface area contributed by atoms with Gasteiger partial charge in [-0.15, -0.1) is 0 Å². The molecule has 1 aromatic carbocycles. The molecule has 5 heteroatoms. The number of hydrogen-bond donors (Lipinski definition) is 3. The standard InChI is InChI=1S/C21H36N4O/c1-4-22-21(24-19-11-13-20(26)14-12-19)23-15-17-9-7-8-10-18(17)16-25(5-2)6-3/h7-10,19-20,26H,4-6,11-16H2,1-3H3,(H2,22,23,24). The number of guanidine groups is 1. The van der Waals surface area contributed by atoms with E-state index in [9.17, 15) is 5.11 Å². The topological polar surface area (TPSA) is 59.9 Å². The van der Waals surface area contributed by atoms with Crippen LogP contribution in [0.1, 0.15) is 57.6 Å². The highest BCUT2D eigenvalue weighted by Gasteiger charge is 2.20. The third kappa shape index (κ3) is 6.61. The lowest BCUT2D eigenvalue weighted by atomic mass is 9.93. The normalized spacial score (nSPS) is 21.0. The largest absolute Gasteiger partial charge is 0.393 e. The van der Waals surface area contributed by atoms with Gasteiger partial charge in [-0.1, -0.05) is 38.1 Å². The van der Waals surface area contributed by atoms with Gasteiger partial charge in [0.05, 0.1) is 12.6 Å². The number of aliphatic hydroxyl groups is 1. The van der Waals surface area contributed by atoms with Crippen LogP contribution in [-0.2, 0) is 13.1 Å². The Labute approximate surface area is 158 Å². The number of nitrogens with one attached hydrogen (secondary N) is 2. The number of benzene rings is 1. The highest BCUT2D eigenvalue weighted by Crippen LogP contribution is 2.18. The van der Waals surface area contributed by atoms with Gasteiger partial charge in [0.1, 0.15) is 0 Å². The van der Waals surface area contributed by atoms with Crippen LogP contribution in [0.15, 0.2) is 29.3 Å². The van der Waals surface area contributed by atoms with Gasteiger partial charge in [0.15, 0.2) is 5.96 Å². The van der Waals surface area contributed by atoms with Gasteiger partial charge in [-0.2, -0.15) is 0 Å². The summed E-state index contributed by atoms with van der Waals surface area (Å²) in [5.74, 6) is 0.881. The number of rotatable bonds is 8. The van der Waals surface area contributed by atoms with E-state index >= 15 is 0 Å². The average Bonchev–Trinajstić information content (AvgIpc) is 2.67. The molecule has 0 aliphatic heterocycles. The lowest BCUT2D eigenvalue weighted by Crippen LogP contribution is -2.45. The minimum absolute atomic E-state index is 0.125. The molecule has 1 aliphatic carbocycles. The Morgan fingerprint density at radius 1 is 1.08 bits per heavy atom. The van der Waals surface area contributed by atoms with Gasteiger partial charge in [-0.3, -0.25) is 4.90 Å². The van der Waals surface area contributed by atoms with Crippen molar-refractivity contribution in [3.05, 3.63) is 35.4 Å². The van der Waals surface area contributed by atoms with Crippen molar-refractivity contribution < 1.29 is 5.11 Å². The van der Waals surface area contributed by atoms with Gasteiger partial charge in [0.25, 0.3) is 0 Å². The summed E-state index contributed by atoms with van der Waals surface area (Å²) in [5, 5.41) is 16.6. The first-order valence-electron chi connectivity index (χ1n) is 10.2. The first-order chi connectivity index (χ1) is 12.7. The number of aliphatic hydroxyl groups excluding tert-OH is 1. The van der Waals surface area contributed by atoms with Crippen LogP contribution in [0, 0.1) is 0 Å². The van der Waals surface area contributed by atoms with Crippen LogP contribution >= 0.6 is 0 Å². The zero-order valence-corrected chi connectivity index (χ0v) is 16.7. The van der Waals surface area contributed by atoms with Crippen LogP contribution in [0.3, 0.4) is 0 Å². The summed E-state index contributed by atoms with van der Waals surface area (Å²) in [6.45, 7) is 11.1. The average molecular weight is 361 g/mol. The molecule has 1 fully saturated rings. The molecule has 0 atom stereocenters. The van der Waals surface area contributed by atoms with Crippen molar-refractivity contribution in [1.82, 2.24) is 15.5 Å². The van der Waals surface area contributed by atoms with Gasteiger partial charge >= 0.3 is 0 Å². The van der Waals surface area contributed by atoms with Crippen LogP contribution in [0.5, 0.6) is 0 Å². The maximum atomic E-state index is 9.68. The van der Waals surface area contributed by atoms with Crippen molar-refractivity contribution in [3.8, 4) is 0 Å². The Bertz CT molecular complexity index is 549. The van der Waals surface area contributed by atoms with Crippen molar-refractivity contribution in [2.24, 2.45) is 4.99 Å². The third-order valence-corrected chi connectivity index (χ3v) is 5.20. The summed E-state index contributed by atoms with van der Waals surface area (Å²) in [4.78, 5) is 7.26. The summed E-state index contributed by atoms with van der Waals surface area (Å²) in [5.41, 5.74) is 2.65. The fourth-order valence-electron chi connectivity index (χ4n) is 3.45. The van der Waals surface area contributed by atoms with Crippen molar-refractivity contribution in [3.63, 3.8) is 0 Å². The Morgan fingerprint density at radius 3 is 2.35 bits per heavy atom. The van der Waals surface area contributed by atoms with Gasteiger partial charge in [-0.25, -0.2) is 4.99 Å². The van der Waals surface area contributed by atoms with E-state index < -0.39 is 0 Å². The molecule has 1 aliphatic rings. The minimum atomic E-state index is -0.125. The minimum Gasteiger partial charge on any atom is -0.393 e. The van der Waals surface area contributed by atoms with Crippen molar-refractivity contribution in [1.29, 1.82) is 0 Å². The smallest absolute Gasteiger partial charge is 0.191 e. The van der Waals surface area contributed by atoms with Gasteiger partial charge < -0.3 is 15.7 Å². The molecule has 0 aromatic heterocycles. The Kier molecular flexibility index (Phi) is 8.92. The maximum absolute atomic E-state index is 9.68. The van der Waals surface area contributed by atoms with E-state index in [0.717, 1.165) is 57.8 Å². The predicted octanol–water partition coefficient (Wildman–Crippen LogP) is 2.89. The molecule has 0 unspecified atom stereocenters. The molecule has 1 saturated carbocycles. The zero-order chi connectivity index (χ0) is 18.8. The molecule has 1 aromatic rings. The lowest BCUT2D eigenvalue weighted by Gasteiger charge is -2.27. The Morgan fingerprint density at radius 2 is 1.73 bits per heavy atom. The summed E-state index contributed by atoms with van der Waals surface area (Å²) < 4.78 is 0.